The second-order valence-corrected chi connectivity index (χ2v) is 5.61. The molecule has 1 rings (SSSR count). The van der Waals surface area contributed by atoms with Crippen LogP contribution in [0.1, 0.15) is 19.3 Å². The summed E-state index contributed by atoms with van der Waals surface area (Å²) in [5, 5.41) is 14.2. The van der Waals surface area contributed by atoms with E-state index in [4.69, 9.17) is 5.11 Å². The van der Waals surface area contributed by atoms with Crippen LogP contribution in [0.5, 0.6) is 0 Å². The van der Waals surface area contributed by atoms with Crippen LogP contribution >= 0.6 is 11.8 Å². The van der Waals surface area contributed by atoms with E-state index in [9.17, 15) is 9.59 Å². The average Bonchev–Trinajstić information content (AvgIpc) is 2.87. The number of nitrogens with zero attached hydrogens (tertiary/aromatic N) is 1. The summed E-state index contributed by atoms with van der Waals surface area (Å²) in [4.78, 5) is 24.8. The molecule has 3 N–H and O–H groups in total. The maximum atomic E-state index is 11.6. The van der Waals surface area contributed by atoms with Gasteiger partial charge >= 0.3 is 12.0 Å². The molecule has 0 aromatic carbocycles. The van der Waals surface area contributed by atoms with Gasteiger partial charge in [0.15, 0.2) is 0 Å². The van der Waals surface area contributed by atoms with Gasteiger partial charge in [0.25, 0.3) is 0 Å². The molecule has 1 atom stereocenters. The standard InChI is InChI=1S/C12H23N3O3S/c1-19-9-4-10(11(16)17)14-12(18)13-5-8-15-6-2-3-7-15/h10H,2-9H2,1H3,(H,16,17)(H2,13,14,18)/t10-/m0/s1. The number of thioether (sulfide) groups is 1. The van der Waals surface area contributed by atoms with Crippen LogP contribution in [0.25, 0.3) is 0 Å². The highest BCUT2D eigenvalue weighted by Gasteiger charge is 2.19. The zero-order valence-electron chi connectivity index (χ0n) is 11.4. The SMILES string of the molecule is CSCC[C@H](NC(=O)NCCN1CCCC1)C(=O)O. The molecule has 0 spiro atoms. The first-order valence-electron chi connectivity index (χ1n) is 6.62. The number of rotatable bonds is 8. The molecular formula is C12H23N3O3S. The third kappa shape index (κ3) is 6.68. The number of likely N-dealkylation sites (tertiary alicyclic amines) is 1. The van der Waals surface area contributed by atoms with E-state index in [-0.39, 0.29) is 0 Å². The molecule has 0 saturated carbocycles. The summed E-state index contributed by atoms with van der Waals surface area (Å²) >= 11 is 1.57. The van der Waals surface area contributed by atoms with Crippen LogP contribution in [0.4, 0.5) is 4.79 Å². The molecule has 0 unspecified atom stereocenters. The molecule has 0 radical (unpaired) electrons. The van der Waals surface area contributed by atoms with Crippen LogP contribution in [0.2, 0.25) is 0 Å². The molecule has 19 heavy (non-hydrogen) atoms. The first-order valence-corrected chi connectivity index (χ1v) is 8.01. The van der Waals surface area contributed by atoms with Crippen molar-refractivity contribution in [1.82, 2.24) is 15.5 Å². The van der Waals surface area contributed by atoms with E-state index in [1.54, 1.807) is 11.8 Å². The van der Waals surface area contributed by atoms with Crippen molar-refractivity contribution in [3.05, 3.63) is 0 Å². The predicted molar refractivity (Wildman–Crippen MR) is 76.6 cm³/mol. The highest BCUT2D eigenvalue weighted by atomic mass is 32.2. The minimum absolute atomic E-state index is 0.396. The Morgan fingerprint density at radius 3 is 2.63 bits per heavy atom. The predicted octanol–water partition coefficient (Wildman–Crippen LogP) is 0.588. The van der Waals surface area contributed by atoms with Crippen molar-refractivity contribution in [2.45, 2.75) is 25.3 Å². The van der Waals surface area contributed by atoms with Crippen LogP contribution in [0, 0.1) is 0 Å². The molecular weight excluding hydrogens is 266 g/mol. The van der Waals surface area contributed by atoms with Crippen molar-refractivity contribution in [3.8, 4) is 0 Å². The Hall–Kier alpha value is -0.950. The van der Waals surface area contributed by atoms with Crippen molar-refractivity contribution in [1.29, 1.82) is 0 Å². The minimum Gasteiger partial charge on any atom is -0.480 e. The zero-order chi connectivity index (χ0) is 14.1. The molecule has 1 heterocycles. The molecule has 0 bridgehead atoms. The van der Waals surface area contributed by atoms with Crippen LogP contribution in [-0.2, 0) is 4.79 Å². The number of carbonyl (C=O) groups is 2. The van der Waals surface area contributed by atoms with E-state index in [1.807, 2.05) is 6.26 Å². The van der Waals surface area contributed by atoms with Gasteiger partial charge in [-0.15, -0.1) is 0 Å². The van der Waals surface area contributed by atoms with Gasteiger partial charge < -0.3 is 20.6 Å². The minimum atomic E-state index is -0.983. The van der Waals surface area contributed by atoms with E-state index in [0.29, 0.717) is 18.7 Å². The molecule has 1 fully saturated rings. The van der Waals surface area contributed by atoms with E-state index < -0.39 is 18.0 Å². The third-order valence-electron chi connectivity index (χ3n) is 3.13. The third-order valence-corrected chi connectivity index (χ3v) is 3.77. The normalized spacial score (nSPS) is 17.1. The van der Waals surface area contributed by atoms with E-state index in [1.165, 1.54) is 12.8 Å². The summed E-state index contributed by atoms with van der Waals surface area (Å²) in [5.74, 6) is -0.269. The number of aliphatic carboxylic acids is 1. The van der Waals surface area contributed by atoms with Crippen molar-refractivity contribution in [2.24, 2.45) is 0 Å². The van der Waals surface area contributed by atoms with Crippen LogP contribution in [0.15, 0.2) is 0 Å². The average molecular weight is 289 g/mol. The number of urea groups is 1. The molecule has 0 aromatic rings. The van der Waals surface area contributed by atoms with Gasteiger partial charge in [0, 0.05) is 13.1 Å². The number of amides is 2. The topological polar surface area (TPSA) is 81.7 Å². The van der Waals surface area contributed by atoms with Gasteiger partial charge in [0.2, 0.25) is 0 Å². The van der Waals surface area contributed by atoms with Crippen molar-refractivity contribution in [2.75, 3.05) is 38.2 Å². The van der Waals surface area contributed by atoms with Crippen LogP contribution in [0.3, 0.4) is 0 Å². The monoisotopic (exact) mass is 289 g/mol. The zero-order valence-corrected chi connectivity index (χ0v) is 12.2. The van der Waals surface area contributed by atoms with E-state index in [2.05, 4.69) is 15.5 Å². The lowest BCUT2D eigenvalue weighted by molar-refractivity contribution is -0.139. The van der Waals surface area contributed by atoms with Gasteiger partial charge in [-0.25, -0.2) is 9.59 Å². The Morgan fingerprint density at radius 2 is 2.05 bits per heavy atom. The maximum absolute atomic E-state index is 11.6. The Balaban J connectivity index is 2.17. The Morgan fingerprint density at radius 1 is 1.37 bits per heavy atom. The smallest absolute Gasteiger partial charge is 0.326 e. The molecule has 0 aromatic heterocycles. The second-order valence-electron chi connectivity index (χ2n) is 4.62. The largest absolute Gasteiger partial charge is 0.480 e. The summed E-state index contributed by atoms with van der Waals surface area (Å²) < 4.78 is 0. The summed E-state index contributed by atoms with van der Waals surface area (Å²) in [6.07, 6.45) is 4.80. The van der Waals surface area contributed by atoms with Crippen LogP contribution in [-0.4, -0.2) is 66.2 Å². The molecule has 1 aliphatic rings. The Labute approximate surface area is 118 Å². The first kappa shape index (κ1) is 16.1. The van der Waals surface area contributed by atoms with E-state index in [0.717, 1.165) is 19.6 Å². The number of carboxylic acid groups (broad SMARTS) is 1. The number of nitrogens with one attached hydrogen (secondary N) is 2. The highest BCUT2D eigenvalue weighted by Crippen LogP contribution is 2.05. The fourth-order valence-corrected chi connectivity index (χ4v) is 2.51. The molecule has 2 amide bonds. The van der Waals surface area contributed by atoms with Crippen molar-refractivity contribution >= 4 is 23.8 Å². The number of carbonyl (C=O) groups excluding carboxylic acids is 1. The molecule has 1 aliphatic heterocycles. The van der Waals surface area contributed by atoms with Gasteiger partial charge in [-0.1, -0.05) is 0 Å². The van der Waals surface area contributed by atoms with Gasteiger partial charge in [-0.2, -0.15) is 11.8 Å². The quantitative estimate of drug-likeness (QED) is 0.609. The first-order chi connectivity index (χ1) is 9.13. The number of hydrogen-bond donors (Lipinski definition) is 3. The summed E-state index contributed by atoms with van der Waals surface area (Å²) in [6.45, 7) is 3.57. The fourth-order valence-electron chi connectivity index (χ4n) is 2.04. The summed E-state index contributed by atoms with van der Waals surface area (Å²) in [6, 6.07) is -1.20. The Bertz CT molecular complexity index is 296. The highest BCUT2D eigenvalue weighted by molar-refractivity contribution is 7.98. The number of hydrogen-bond acceptors (Lipinski definition) is 4. The fraction of sp³-hybridized carbons (Fsp3) is 0.833. The summed E-state index contributed by atoms with van der Waals surface area (Å²) in [5.41, 5.74) is 0. The molecule has 1 saturated heterocycles. The van der Waals surface area contributed by atoms with Crippen LogP contribution < -0.4 is 10.6 Å². The van der Waals surface area contributed by atoms with E-state index >= 15 is 0 Å². The molecule has 6 nitrogen and oxygen atoms in total. The lowest BCUT2D eigenvalue weighted by atomic mass is 10.2. The maximum Gasteiger partial charge on any atom is 0.326 e. The molecule has 0 aliphatic carbocycles. The van der Waals surface area contributed by atoms with Crippen molar-refractivity contribution < 1.29 is 14.7 Å². The van der Waals surface area contributed by atoms with Gasteiger partial charge in [-0.05, 0) is 44.4 Å². The van der Waals surface area contributed by atoms with Gasteiger partial charge in [0.05, 0.1) is 0 Å². The van der Waals surface area contributed by atoms with Crippen molar-refractivity contribution in [3.63, 3.8) is 0 Å². The van der Waals surface area contributed by atoms with Gasteiger partial charge in [-0.3, -0.25) is 0 Å². The molecule has 110 valence electrons. The van der Waals surface area contributed by atoms with Gasteiger partial charge in [0.1, 0.15) is 6.04 Å². The lowest BCUT2D eigenvalue weighted by Gasteiger charge is -2.17. The lowest BCUT2D eigenvalue weighted by Crippen LogP contribution is -2.47. The Kier molecular flexibility index (Phi) is 7.66. The second kappa shape index (κ2) is 9.03. The summed E-state index contributed by atoms with van der Waals surface area (Å²) in [7, 11) is 0. The molecule has 7 heteroatoms. The number of carboxylic acids is 1.